The average Bonchev–Trinajstić information content (AvgIpc) is 2.74. The SMILES string of the molecule is NC(=O)C1C(C(=O)NO)=C2CCC1C2. The molecule has 0 spiro atoms. The molecule has 2 bridgehead atoms. The van der Waals surface area contributed by atoms with Gasteiger partial charge >= 0.3 is 0 Å². The summed E-state index contributed by atoms with van der Waals surface area (Å²) < 4.78 is 0. The van der Waals surface area contributed by atoms with Crippen LogP contribution in [0.1, 0.15) is 19.3 Å². The first-order chi connectivity index (χ1) is 6.65. The van der Waals surface area contributed by atoms with Crippen molar-refractivity contribution in [3.63, 3.8) is 0 Å². The summed E-state index contributed by atoms with van der Waals surface area (Å²) in [4.78, 5) is 22.4. The number of rotatable bonds is 2. The quantitative estimate of drug-likeness (QED) is 0.418. The molecule has 0 aromatic carbocycles. The third-order valence-corrected chi connectivity index (χ3v) is 3.14. The zero-order chi connectivity index (χ0) is 10.3. The summed E-state index contributed by atoms with van der Waals surface area (Å²) in [6, 6.07) is 0. The molecule has 1 saturated carbocycles. The van der Waals surface area contributed by atoms with Gasteiger partial charge in [0.25, 0.3) is 5.91 Å². The third kappa shape index (κ3) is 1.13. The smallest absolute Gasteiger partial charge is 0.271 e. The molecule has 0 saturated heterocycles. The second-order valence-corrected chi connectivity index (χ2v) is 3.84. The van der Waals surface area contributed by atoms with Crippen LogP contribution in [-0.2, 0) is 9.59 Å². The third-order valence-electron chi connectivity index (χ3n) is 3.14. The molecule has 14 heavy (non-hydrogen) atoms. The molecule has 1 fully saturated rings. The van der Waals surface area contributed by atoms with Crippen molar-refractivity contribution in [2.24, 2.45) is 17.6 Å². The highest BCUT2D eigenvalue weighted by Gasteiger charge is 2.44. The van der Waals surface area contributed by atoms with Crippen LogP contribution in [0.25, 0.3) is 0 Å². The molecule has 4 N–H and O–H groups in total. The van der Waals surface area contributed by atoms with Gasteiger partial charge in [-0.1, -0.05) is 5.57 Å². The standard InChI is InChI=1S/C9H12N2O3/c10-8(12)6-4-1-2-5(3-4)7(6)9(13)11-14/h4,6,14H,1-3H2,(H2,10,12)(H,11,13). The number of nitrogens with one attached hydrogen (secondary N) is 1. The molecular formula is C9H12N2O3. The monoisotopic (exact) mass is 196 g/mol. The molecule has 5 nitrogen and oxygen atoms in total. The Morgan fingerprint density at radius 3 is 2.79 bits per heavy atom. The maximum absolute atomic E-state index is 11.3. The predicted octanol–water partition coefficient (Wildman–Crippen LogP) is -0.296. The Morgan fingerprint density at radius 1 is 1.50 bits per heavy atom. The summed E-state index contributed by atoms with van der Waals surface area (Å²) in [6.07, 6.45) is 2.54. The number of primary amides is 1. The van der Waals surface area contributed by atoms with E-state index in [1.807, 2.05) is 0 Å². The first-order valence-corrected chi connectivity index (χ1v) is 4.60. The van der Waals surface area contributed by atoms with Crippen molar-refractivity contribution in [1.82, 2.24) is 5.48 Å². The molecule has 0 radical (unpaired) electrons. The van der Waals surface area contributed by atoms with E-state index in [0.29, 0.717) is 5.57 Å². The maximum atomic E-state index is 11.3. The second kappa shape index (κ2) is 3.09. The van der Waals surface area contributed by atoms with Gasteiger partial charge in [0.15, 0.2) is 0 Å². The van der Waals surface area contributed by atoms with E-state index in [2.05, 4.69) is 0 Å². The van der Waals surface area contributed by atoms with Gasteiger partial charge in [-0.25, -0.2) is 5.48 Å². The zero-order valence-corrected chi connectivity index (χ0v) is 7.62. The van der Waals surface area contributed by atoms with Crippen LogP contribution in [0.3, 0.4) is 0 Å². The first-order valence-electron chi connectivity index (χ1n) is 4.60. The van der Waals surface area contributed by atoms with E-state index in [0.717, 1.165) is 24.8 Å². The minimum absolute atomic E-state index is 0.176. The van der Waals surface area contributed by atoms with Crippen molar-refractivity contribution in [3.05, 3.63) is 11.1 Å². The topological polar surface area (TPSA) is 92.4 Å². The normalized spacial score (nSPS) is 29.5. The fraction of sp³-hybridized carbons (Fsp3) is 0.556. The number of allylic oxidation sites excluding steroid dienone is 1. The Morgan fingerprint density at radius 2 is 2.21 bits per heavy atom. The van der Waals surface area contributed by atoms with Crippen LogP contribution >= 0.6 is 0 Å². The van der Waals surface area contributed by atoms with Crippen molar-refractivity contribution in [3.8, 4) is 0 Å². The molecule has 2 amide bonds. The molecule has 2 unspecified atom stereocenters. The Labute approximate surface area is 80.9 Å². The van der Waals surface area contributed by atoms with Crippen LogP contribution in [0, 0.1) is 11.8 Å². The van der Waals surface area contributed by atoms with Gasteiger partial charge in [-0.05, 0) is 25.2 Å². The average molecular weight is 196 g/mol. The molecule has 2 aliphatic rings. The maximum Gasteiger partial charge on any atom is 0.271 e. The highest BCUT2D eigenvalue weighted by atomic mass is 16.5. The number of fused-ring (bicyclic) bond motifs is 2. The molecule has 5 heteroatoms. The van der Waals surface area contributed by atoms with Crippen molar-refractivity contribution in [2.75, 3.05) is 0 Å². The first kappa shape index (κ1) is 9.21. The molecule has 2 rings (SSSR count). The largest absolute Gasteiger partial charge is 0.369 e. The fourth-order valence-electron chi connectivity index (χ4n) is 2.60. The fourth-order valence-corrected chi connectivity index (χ4v) is 2.60. The minimum Gasteiger partial charge on any atom is -0.369 e. The lowest BCUT2D eigenvalue weighted by Crippen LogP contribution is -2.35. The van der Waals surface area contributed by atoms with E-state index < -0.39 is 17.7 Å². The molecule has 2 atom stereocenters. The van der Waals surface area contributed by atoms with E-state index in [9.17, 15) is 9.59 Å². The molecule has 0 aromatic rings. The van der Waals surface area contributed by atoms with E-state index in [4.69, 9.17) is 10.9 Å². The van der Waals surface area contributed by atoms with E-state index >= 15 is 0 Å². The lowest BCUT2D eigenvalue weighted by atomic mass is 9.85. The van der Waals surface area contributed by atoms with Crippen LogP contribution in [0.5, 0.6) is 0 Å². The Balaban J connectivity index is 2.36. The van der Waals surface area contributed by atoms with E-state index in [1.165, 1.54) is 0 Å². The summed E-state index contributed by atoms with van der Waals surface area (Å²) in [5.41, 5.74) is 8.18. The van der Waals surface area contributed by atoms with Gasteiger partial charge in [0, 0.05) is 5.57 Å². The molecule has 0 aliphatic heterocycles. The minimum atomic E-state index is -0.578. The molecule has 0 aromatic heterocycles. The van der Waals surface area contributed by atoms with Crippen LogP contribution in [0.15, 0.2) is 11.1 Å². The van der Waals surface area contributed by atoms with Crippen LogP contribution in [0.4, 0.5) is 0 Å². The van der Waals surface area contributed by atoms with Crippen LogP contribution in [0.2, 0.25) is 0 Å². The van der Waals surface area contributed by atoms with E-state index in [1.54, 1.807) is 5.48 Å². The van der Waals surface area contributed by atoms with Crippen molar-refractivity contribution >= 4 is 11.8 Å². The molecule has 0 heterocycles. The Kier molecular flexibility index (Phi) is 2.03. The van der Waals surface area contributed by atoms with Gasteiger partial charge in [0.2, 0.25) is 5.91 Å². The molecule has 76 valence electrons. The van der Waals surface area contributed by atoms with Gasteiger partial charge in [0.1, 0.15) is 0 Å². The Hall–Kier alpha value is -1.36. The van der Waals surface area contributed by atoms with Gasteiger partial charge in [-0.15, -0.1) is 0 Å². The van der Waals surface area contributed by atoms with Gasteiger partial charge in [0.05, 0.1) is 5.92 Å². The number of hydrogen-bond acceptors (Lipinski definition) is 3. The molecular weight excluding hydrogens is 184 g/mol. The summed E-state index contributed by atoms with van der Waals surface area (Å²) in [7, 11) is 0. The lowest BCUT2D eigenvalue weighted by Gasteiger charge is -2.19. The second-order valence-electron chi connectivity index (χ2n) is 3.84. The number of carbonyl (C=O) groups is 2. The molecule has 2 aliphatic carbocycles. The van der Waals surface area contributed by atoms with Gasteiger partial charge in [-0.3, -0.25) is 14.8 Å². The Bertz CT molecular complexity index is 335. The number of hydrogen-bond donors (Lipinski definition) is 3. The number of nitrogens with two attached hydrogens (primary N) is 1. The van der Waals surface area contributed by atoms with Crippen molar-refractivity contribution in [1.29, 1.82) is 0 Å². The van der Waals surface area contributed by atoms with E-state index in [-0.39, 0.29) is 5.92 Å². The number of amides is 2. The number of hydroxylamine groups is 1. The number of carbonyl (C=O) groups excluding carboxylic acids is 2. The van der Waals surface area contributed by atoms with Gasteiger partial charge in [-0.2, -0.15) is 0 Å². The summed E-state index contributed by atoms with van der Waals surface area (Å²) in [5.74, 6) is -1.37. The van der Waals surface area contributed by atoms with Crippen LogP contribution < -0.4 is 11.2 Å². The van der Waals surface area contributed by atoms with Crippen molar-refractivity contribution in [2.45, 2.75) is 19.3 Å². The predicted molar refractivity (Wildman–Crippen MR) is 47.0 cm³/mol. The summed E-state index contributed by atoms with van der Waals surface area (Å²) in [5, 5.41) is 8.54. The lowest BCUT2D eigenvalue weighted by molar-refractivity contribution is -0.129. The van der Waals surface area contributed by atoms with Crippen molar-refractivity contribution < 1.29 is 14.8 Å². The zero-order valence-electron chi connectivity index (χ0n) is 7.62. The van der Waals surface area contributed by atoms with Gasteiger partial charge < -0.3 is 5.73 Å². The van der Waals surface area contributed by atoms with Crippen LogP contribution in [-0.4, -0.2) is 17.0 Å². The summed E-state index contributed by atoms with van der Waals surface area (Å²) >= 11 is 0. The summed E-state index contributed by atoms with van der Waals surface area (Å²) in [6.45, 7) is 0. The highest BCUT2D eigenvalue weighted by Crippen LogP contribution is 2.48. The highest BCUT2D eigenvalue weighted by molar-refractivity contribution is 6.01.